The molecular formula is C30H28N2O4. The average Bonchev–Trinajstić information content (AvgIpc) is 2.92. The Morgan fingerprint density at radius 1 is 0.556 bits per heavy atom. The zero-order valence-electron chi connectivity index (χ0n) is 20.2. The van der Waals surface area contributed by atoms with Crippen LogP contribution in [0.2, 0.25) is 0 Å². The van der Waals surface area contributed by atoms with Crippen LogP contribution in [0.25, 0.3) is 0 Å². The Bertz CT molecular complexity index is 1260. The highest BCUT2D eigenvalue weighted by Gasteiger charge is 2.28. The third-order valence-electron chi connectivity index (χ3n) is 5.84. The van der Waals surface area contributed by atoms with E-state index in [0.29, 0.717) is 22.6 Å². The minimum atomic E-state index is -0.657. The lowest BCUT2D eigenvalue weighted by Crippen LogP contribution is -2.10. The number of para-hydroxylation sites is 4. The monoisotopic (exact) mass is 480 g/mol. The van der Waals surface area contributed by atoms with E-state index in [9.17, 15) is 10.2 Å². The molecule has 2 atom stereocenters. The number of methoxy groups -OCH3 is 2. The van der Waals surface area contributed by atoms with Gasteiger partial charge in [0.2, 0.25) is 0 Å². The molecule has 2 unspecified atom stereocenters. The number of benzene rings is 4. The molecular weight excluding hydrogens is 452 g/mol. The molecule has 0 aliphatic carbocycles. The quantitative estimate of drug-likeness (QED) is 0.282. The fourth-order valence-corrected chi connectivity index (χ4v) is 4.01. The first-order valence-corrected chi connectivity index (χ1v) is 11.5. The van der Waals surface area contributed by atoms with Crippen LogP contribution in [0.3, 0.4) is 0 Å². The summed E-state index contributed by atoms with van der Waals surface area (Å²) in [6, 6.07) is 27.8. The largest absolute Gasteiger partial charge is 0.508 e. The van der Waals surface area contributed by atoms with E-state index in [-0.39, 0.29) is 11.5 Å². The van der Waals surface area contributed by atoms with E-state index in [1.54, 1.807) is 50.9 Å². The van der Waals surface area contributed by atoms with E-state index in [2.05, 4.69) is 0 Å². The number of nitrogens with zero attached hydrogens (tertiary/aromatic N) is 2. The van der Waals surface area contributed by atoms with Crippen molar-refractivity contribution >= 4 is 12.4 Å². The highest BCUT2D eigenvalue weighted by molar-refractivity contribution is 5.85. The van der Waals surface area contributed by atoms with Crippen LogP contribution in [0.1, 0.15) is 34.3 Å². The van der Waals surface area contributed by atoms with Crippen molar-refractivity contribution in [3.63, 3.8) is 0 Å². The van der Waals surface area contributed by atoms with Gasteiger partial charge in [-0.3, -0.25) is 9.98 Å². The highest BCUT2D eigenvalue weighted by Crippen LogP contribution is 2.42. The molecule has 0 saturated carbocycles. The SMILES string of the molecule is COc1ccccc1C=NC(c1ccccc1O)C(N=Cc1ccccc1OC)c1ccccc1O. The molecule has 36 heavy (non-hydrogen) atoms. The minimum absolute atomic E-state index is 0.0904. The van der Waals surface area contributed by atoms with Crippen molar-refractivity contribution in [1.29, 1.82) is 0 Å². The molecule has 0 amide bonds. The molecule has 0 aromatic heterocycles. The summed E-state index contributed by atoms with van der Waals surface area (Å²) in [5.41, 5.74) is 2.72. The molecule has 4 rings (SSSR count). The van der Waals surface area contributed by atoms with Crippen LogP contribution in [0.5, 0.6) is 23.0 Å². The van der Waals surface area contributed by atoms with E-state index in [0.717, 1.165) is 11.1 Å². The maximum absolute atomic E-state index is 10.8. The van der Waals surface area contributed by atoms with Crippen LogP contribution in [0, 0.1) is 0 Å². The van der Waals surface area contributed by atoms with Crippen LogP contribution in [-0.2, 0) is 0 Å². The molecule has 4 aromatic carbocycles. The first kappa shape index (κ1) is 24.5. The van der Waals surface area contributed by atoms with Crippen LogP contribution in [0.15, 0.2) is 107 Å². The molecule has 0 heterocycles. The average molecular weight is 481 g/mol. The summed E-state index contributed by atoms with van der Waals surface area (Å²) in [5, 5.41) is 21.6. The molecule has 0 radical (unpaired) electrons. The molecule has 0 saturated heterocycles. The summed E-state index contributed by atoms with van der Waals surface area (Å²) in [4.78, 5) is 9.77. The van der Waals surface area contributed by atoms with Gasteiger partial charge in [-0.1, -0.05) is 60.7 Å². The molecule has 0 fully saturated rings. The van der Waals surface area contributed by atoms with Crippen molar-refractivity contribution in [2.45, 2.75) is 12.1 Å². The molecule has 6 heteroatoms. The van der Waals surface area contributed by atoms with Crippen LogP contribution in [0.4, 0.5) is 0 Å². The number of hydrogen-bond acceptors (Lipinski definition) is 6. The molecule has 0 spiro atoms. The van der Waals surface area contributed by atoms with Gasteiger partial charge >= 0.3 is 0 Å². The number of ether oxygens (including phenoxy) is 2. The fourth-order valence-electron chi connectivity index (χ4n) is 4.01. The van der Waals surface area contributed by atoms with Gasteiger partial charge in [0.15, 0.2) is 0 Å². The Kier molecular flexibility index (Phi) is 7.98. The van der Waals surface area contributed by atoms with Crippen molar-refractivity contribution in [2.24, 2.45) is 9.98 Å². The molecule has 2 N–H and O–H groups in total. The number of aromatic hydroxyl groups is 2. The van der Waals surface area contributed by atoms with Gasteiger partial charge in [0.1, 0.15) is 35.1 Å². The van der Waals surface area contributed by atoms with Crippen molar-refractivity contribution in [2.75, 3.05) is 14.2 Å². The number of rotatable bonds is 9. The van der Waals surface area contributed by atoms with Gasteiger partial charge < -0.3 is 19.7 Å². The Morgan fingerprint density at radius 2 is 0.917 bits per heavy atom. The number of hydrogen-bond donors (Lipinski definition) is 2. The first-order chi connectivity index (χ1) is 17.6. The van der Waals surface area contributed by atoms with Gasteiger partial charge in [-0.15, -0.1) is 0 Å². The van der Waals surface area contributed by atoms with Gasteiger partial charge in [0, 0.05) is 34.7 Å². The topological polar surface area (TPSA) is 83.6 Å². The Labute approximate surface area is 210 Å². The smallest absolute Gasteiger partial charge is 0.127 e. The summed E-state index contributed by atoms with van der Waals surface area (Å²) < 4.78 is 11.0. The Hall–Kier alpha value is -4.58. The zero-order valence-corrected chi connectivity index (χ0v) is 20.2. The van der Waals surface area contributed by atoms with E-state index in [1.807, 2.05) is 72.8 Å². The standard InChI is InChI=1S/C30H28N2O4/c1-35-27-17-9-3-11-21(27)19-31-29(23-13-5-7-15-25(23)33)30(24-14-6-8-16-26(24)34)32-20-22-12-4-10-18-28(22)36-2/h3-20,29-30,33-34H,1-2H3. The molecule has 0 aliphatic rings. The normalized spacial score (nSPS) is 13.1. The number of phenolic OH excluding ortho intramolecular Hbond substituents is 2. The van der Waals surface area contributed by atoms with Crippen molar-refractivity contribution in [1.82, 2.24) is 0 Å². The maximum atomic E-state index is 10.8. The summed E-state index contributed by atoms with van der Waals surface area (Å²) >= 11 is 0. The van der Waals surface area contributed by atoms with Gasteiger partial charge in [0.25, 0.3) is 0 Å². The second-order valence-electron chi connectivity index (χ2n) is 8.05. The Morgan fingerprint density at radius 3 is 1.31 bits per heavy atom. The summed E-state index contributed by atoms with van der Waals surface area (Å²) in [6.45, 7) is 0. The van der Waals surface area contributed by atoms with E-state index < -0.39 is 12.1 Å². The lowest BCUT2D eigenvalue weighted by atomic mass is 9.92. The molecule has 6 nitrogen and oxygen atoms in total. The fraction of sp³-hybridized carbons (Fsp3) is 0.133. The second-order valence-corrected chi connectivity index (χ2v) is 8.05. The lowest BCUT2D eigenvalue weighted by Gasteiger charge is -2.23. The van der Waals surface area contributed by atoms with Crippen LogP contribution < -0.4 is 9.47 Å². The minimum Gasteiger partial charge on any atom is -0.508 e. The third kappa shape index (κ3) is 5.55. The first-order valence-electron chi connectivity index (χ1n) is 11.5. The molecule has 4 aromatic rings. The van der Waals surface area contributed by atoms with E-state index in [1.165, 1.54) is 0 Å². The highest BCUT2D eigenvalue weighted by atomic mass is 16.5. The van der Waals surface area contributed by atoms with Crippen molar-refractivity contribution in [3.05, 3.63) is 119 Å². The molecule has 0 aliphatic heterocycles. The second kappa shape index (κ2) is 11.7. The summed E-state index contributed by atoms with van der Waals surface area (Å²) in [5.74, 6) is 1.53. The molecule has 0 bridgehead atoms. The predicted molar refractivity (Wildman–Crippen MR) is 143 cm³/mol. The van der Waals surface area contributed by atoms with Gasteiger partial charge in [-0.05, 0) is 36.4 Å². The van der Waals surface area contributed by atoms with Gasteiger partial charge in [-0.2, -0.15) is 0 Å². The van der Waals surface area contributed by atoms with Crippen LogP contribution >= 0.6 is 0 Å². The Balaban J connectivity index is 1.87. The van der Waals surface area contributed by atoms with Crippen LogP contribution in [-0.4, -0.2) is 36.9 Å². The van der Waals surface area contributed by atoms with E-state index in [4.69, 9.17) is 19.5 Å². The van der Waals surface area contributed by atoms with Gasteiger partial charge in [0.05, 0.1) is 14.2 Å². The zero-order chi connectivity index (χ0) is 25.3. The van der Waals surface area contributed by atoms with Crippen molar-refractivity contribution < 1.29 is 19.7 Å². The summed E-state index contributed by atoms with van der Waals surface area (Å²) in [7, 11) is 3.21. The van der Waals surface area contributed by atoms with E-state index >= 15 is 0 Å². The summed E-state index contributed by atoms with van der Waals surface area (Å²) in [6.07, 6.45) is 3.42. The number of aliphatic imine (C=N–C) groups is 2. The molecule has 182 valence electrons. The lowest BCUT2D eigenvalue weighted by molar-refractivity contribution is 0.413. The maximum Gasteiger partial charge on any atom is 0.127 e. The van der Waals surface area contributed by atoms with Crippen molar-refractivity contribution in [3.8, 4) is 23.0 Å². The van der Waals surface area contributed by atoms with Gasteiger partial charge in [-0.25, -0.2) is 0 Å². The predicted octanol–water partition coefficient (Wildman–Crippen LogP) is 6.14. The third-order valence-corrected chi connectivity index (χ3v) is 5.84. The number of phenols is 2.